The Balaban J connectivity index is 1.95. The Kier molecular flexibility index (Phi) is 3.13. The highest BCUT2D eigenvalue weighted by Gasteiger charge is 2.39. The van der Waals surface area contributed by atoms with Gasteiger partial charge in [0.2, 0.25) is 6.17 Å². The standard InChI is InChI=1S/C10H13BrN7O/c1-2-3-4-5-6-12-8(11)7-9(18(6)19)13-10-14-15-16-17(7)10/h6H,2-5H2,1H3,(H,13,14,16)/q+1. The molecule has 0 fully saturated rings. The van der Waals surface area contributed by atoms with Crippen molar-refractivity contribution >= 4 is 32.1 Å². The second-order valence-corrected chi connectivity index (χ2v) is 5.19. The van der Waals surface area contributed by atoms with Gasteiger partial charge in [-0.15, -0.1) is 0 Å². The highest BCUT2D eigenvalue weighted by Crippen LogP contribution is 2.29. The molecule has 0 bridgehead atoms. The van der Waals surface area contributed by atoms with Gasteiger partial charge in [-0.3, -0.25) is 0 Å². The summed E-state index contributed by atoms with van der Waals surface area (Å²) in [6.45, 7) is 2.13. The summed E-state index contributed by atoms with van der Waals surface area (Å²) >= 11 is 3.40. The number of rotatable bonds is 4. The topological polar surface area (TPSA) is 91.3 Å². The Morgan fingerprint density at radius 2 is 2.32 bits per heavy atom. The Morgan fingerprint density at radius 1 is 1.47 bits per heavy atom. The van der Waals surface area contributed by atoms with E-state index in [2.05, 4.69) is 48.4 Å². The molecule has 1 atom stereocenters. The second-order valence-electron chi connectivity index (χ2n) is 4.44. The zero-order valence-electron chi connectivity index (χ0n) is 10.4. The van der Waals surface area contributed by atoms with Crippen LogP contribution in [0.1, 0.15) is 38.3 Å². The molecule has 0 radical (unpaired) electrons. The number of hydrogen-bond donors (Lipinski definition) is 1. The van der Waals surface area contributed by atoms with Gasteiger partial charge in [-0.25, -0.2) is 4.99 Å². The number of aliphatic imine (C=N–C) groups is 1. The molecular weight excluding hydrogens is 314 g/mol. The van der Waals surface area contributed by atoms with Crippen LogP contribution in [0, 0.1) is 4.91 Å². The number of halogens is 1. The summed E-state index contributed by atoms with van der Waals surface area (Å²) in [6.07, 6.45) is 3.50. The molecule has 1 aliphatic rings. The molecule has 2 aromatic heterocycles. The maximum Gasteiger partial charge on any atom is 0.396 e. The maximum atomic E-state index is 12.3. The Labute approximate surface area is 117 Å². The molecule has 8 nitrogen and oxygen atoms in total. The molecule has 3 heterocycles. The van der Waals surface area contributed by atoms with Gasteiger partial charge < -0.3 is 0 Å². The van der Waals surface area contributed by atoms with E-state index in [9.17, 15) is 4.91 Å². The van der Waals surface area contributed by atoms with E-state index in [1.165, 1.54) is 4.52 Å². The summed E-state index contributed by atoms with van der Waals surface area (Å²) in [5.74, 6) is 0.705. The van der Waals surface area contributed by atoms with Crippen LogP contribution in [0.4, 0.5) is 5.82 Å². The smallest absolute Gasteiger partial charge is 0.225 e. The number of nitrogens with one attached hydrogen (secondary N) is 1. The first-order valence-electron chi connectivity index (χ1n) is 6.22. The first kappa shape index (κ1) is 12.4. The summed E-state index contributed by atoms with van der Waals surface area (Å²) in [7, 11) is 0. The van der Waals surface area contributed by atoms with E-state index in [0.717, 1.165) is 30.4 Å². The average molecular weight is 327 g/mol. The lowest BCUT2D eigenvalue weighted by molar-refractivity contribution is -0.510. The molecule has 0 spiro atoms. The van der Waals surface area contributed by atoms with Crippen molar-refractivity contribution in [1.29, 1.82) is 0 Å². The molecule has 3 rings (SSSR count). The molecule has 9 heteroatoms. The molecule has 1 unspecified atom stereocenters. The van der Waals surface area contributed by atoms with Crippen molar-refractivity contribution in [1.82, 2.24) is 25.0 Å². The number of aromatic amines is 1. The summed E-state index contributed by atoms with van der Waals surface area (Å²) in [6, 6.07) is 0. The number of aromatic nitrogens is 5. The number of nitroso groups, excluding NO2 is 1. The molecule has 19 heavy (non-hydrogen) atoms. The molecule has 1 aliphatic heterocycles. The fraction of sp³-hybridized carbons (Fsp3) is 0.600. The molecule has 0 saturated carbocycles. The normalized spacial score (nSPS) is 18.7. The number of nitrogens with zero attached hydrogens (tertiary/aromatic N) is 6. The van der Waals surface area contributed by atoms with Crippen LogP contribution < -0.4 is 0 Å². The lowest BCUT2D eigenvalue weighted by atomic mass is 10.1. The summed E-state index contributed by atoms with van der Waals surface area (Å²) in [4.78, 5) is 20.8. The van der Waals surface area contributed by atoms with Gasteiger partial charge in [-0.2, -0.15) is 9.73 Å². The third-order valence-corrected chi connectivity index (χ3v) is 3.71. The van der Waals surface area contributed by atoms with Crippen molar-refractivity contribution in [3.63, 3.8) is 0 Å². The van der Waals surface area contributed by atoms with Gasteiger partial charge in [0.1, 0.15) is 4.62 Å². The van der Waals surface area contributed by atoms with Crippen molar-refractivity contribution in [2.75, 3.05) is 0 Å². The van der Waals surface area contributed by atoms with Gasteiger partial charge in [-0.05, 0) is 27.6 Å². The molecule has 1 N–H and O–H groups in total. The van der Waals surface area contributed by atoms with Crippen molar-refractivity contribution < 1.29 is 4.76 Å². The maximum absolute atomic E-state index is 12.3. The van der Waals surface area contributed by atoms with Crippen molar-refractivity contribution in [3.05, 3.63) is 10.6 Å². The number of fused-ring (bicyclic) bond motifs is 3. The zero-order valence-corrected chi connectivity index (χ0v) is 12.0. The average Bonchev–Trinajstić information content (AvgIpc) is 2.95. The van der Waals surface area contributed by atoms with E-state index in [-0.39, 0.29) is 0 Å². The summed E-state index contributed by atoms with van der Waals surface area (Å²) in [5, 5.41) is 10.1. The second kappa shape index (κ2) is 4.80. The van der Waals surface area contributed by atoms with Crippen LogP contribution in [0.15, 0.2) is 4.99 Å². The van der Waals surface area contributed by atoms with Crippen LogP contribution in [0.3, 0.4) is 0 Å². The van der Waals surface area contributed by atoms with Gasteiger partial charge in [0.05, 0.1) is 0 Å². The van der Waals surface area contributed by atoms with Gasteiger partial charge in [0.15, 0.2) is 5.69 Å². The van der Waals surface area contributed by atoms with E-state index in [0.29, 0.717) is 21.9 Å². The first-order valence-corrected chi connectivity index (χ1v) is 7.01. The van der Waals surface area contributed by atoms with Crippen molar-refractivity contribution in [2.45, 2.75) is 38.8 Å². The van der Waals surface area contributed by atoms with E-state index in [1.54, 1.807) is 0 Å². The highest BCUT2D eigenvalue weighted by atomic mass is 79.9. The SMILES string of the molecule is CCCCCC1N=C(Br)c2c(nc3nn[nH]n23)[N+]1=O. The molecular formula is C10H13BrN7O+. The Hall–Kier alpha value is -1.64. The van der Waals surface area contributed by atoms with Crippen LogP contribution in [0.25, 0.3) is 5.78 Å². The lowest BCUT2D eigenvalue weighted by Gasteiger charge is -2.12. The summed E-state index contributed by atoms with van der Waals surface area (Å²) < 4.78 is 3.00. The molecule has 0 aromatic carbocycles. The Morgan fingerprint density at radius 3 is 3.11 bits per heavy atom. The predicted molar refractivity (Wildman–Crippen MR) is 71.8 cm³/mol. The number of tetrazole rings is 1. The number of H-pyrrole nitrogens is 1. The minimum Gasteiger partial charge on any atom is -0.225 e. The van der Waals surface area contributed by atoms with Gasteiger partial charge >= 0.3 is 11.6 Å². The van der Waals surface area contributed by atoms with Crippen LogP contribution in [0.2, 0.25) is 0 Å². The lowest BCUT2D eigenvalue weighted by Crippen LogP contribution is -2.25. The van der Waals surface area contributed by atoms with Gasteiger partial charge in [0, 0.05) is 16.2 Å². The Bertz CT molecular complexity index is 658. The number of hydrogen-bond acceptors (Lipinski definition) is 5. The molecule has 100 valence electrons. The molecule has 0 saturated heterocycles. The van der Waals surface area contributed by atoms with Crippen LogP contribution >= 0.6 is 15.9 Å². The van der Waals surface area contributed by atoms with E-state index >= 15 is 0 Å². The van der Waals surface area contributed by atoms with Crippen molar-refractivity contribution in [2.24, 2.45) is 4.99 Å². The molecule has 0 amide bonds. The van der Waals surface area contributed by atoms with Crippen molar-refractivity contribution in [3.8, 4) is 0 Å². The predicted octanol–water partition coefficient (Wildman–Crippen LogP) is 1.92. The zero-order chi connectivity index (χ0) is 13.4. The van der Waals surface area contributed by atoms with E-state index < -0.39 is 6.17 Å². The number of unbranched alkanes of at least 4 members (excludes halogenated alkanes) is 2. The monoisotopic (exact) mass is 326 g/mol. The third-order valence-electron chi connectivity index (χ3n) is 3.13. The minimum atomic E-state index is -0.416. The fourth-order valence-corrected chi connectivity index (χ4v) is 2.74. The largest absolute Gasteiger partial charge is 0.396 e. The number of imidazole rings is 1. The highest BCUT2D eigenvalue weighted by molar-refractivity contribution is 9.18. The first-order chi connectivity index (χ1) is 9.22. The summed E-state index contributed by atoms with van der Waals surface area (Å²) in [5.41, 5.74) is 0.571. The third kappa shape index (κ3) is 1.97. The van der Waals surface area contributed by atoms with E-state index in [4.69, 9.17) is 0 Å². The van der Waals surface area contributed by atoms with E-state index in [1.807, 2.05) is 0 Å². The minimum absolute atomic E-state index is 0.338. The van der Waals surface area contributed by atoms with Crippen LogP contribution in [0.5, 0.6) is 0 Å². The van der Waals surface area contributed by atoms with Crippen LogP contribution in [-0.4, -0.2) is 40.6 Å². The van der Waals surface area contributed by atoms with Gasteiger partial charge in [0.25, 0.3) is 0 Å². The van der Waals surface area contributed by atoms with Crippen LogP contribution in [-0.2, 0) is 0 Å². The quantitative estimate of drug-likeness (QED) is 0.686. The molecule has 0 aliphatic carbocycles. The fourth-order valence-electron chi connectivity index (χ4n) is 2.15. The molecule has 2 aromatic rings. The van der Waals surface area contributed by atoms with Gasteiger partial charge in [-0.1, -0.05) is 29.8 Å².